The Morgan fingerprint density at radius 3 is 2.83 bits per heavy atom. The SMILES string of the molecule is O=C(COc1ccc(Cl)cc1)Nc1cccc(C2=NCCN2)c1. The number of nitrogens with one attached hydrogen (secondary N) is 2. The first-order valence-corrected chi connectivity index (χ1v) is 7.65. The maximum atomic E-state index is 12.0. The Kier molecular flexibility index (Phi) is 4.78. The number of nitrogens with zero attached hydrogens (tertiary/aromatic N) is 1. The minimum Gasteiger partial charge on any atom is -0.484 e. The first-order chi connectivity index (χ1) is 11.2. The number of hydrogen-bond donors (Lipinski definition) is 2. The molecule has 0 atom stereocenters. The fourth-order valence-corrected chi connectivity index (χ4v) is 2.34. The number of benzene rings is 2. The normalized spacial score (nSPS) is 13.2. The number of carbonyl (C=O) groups excluding carboxylic acids is 1. The topological polar surface area (TPSA) is 62.7 Å². The molecule has 2 N–H and O–H groups in total. The van der Waals surface area contributed by atoms with Gasteiger partial charge < -0.3 is 15.4 Å². The molecule has 1 aliphatic rings. The molecule has 2 aromatic rings. The lowest BCUT2D eigenvalue weighted by atomic mass is 10.2. The van der Waals surface area contributed by atoms with Crippen LogP contribution in [0.5, 0.6) is 5.75 Å². The van der Waals surface area contributed by atoms with Gasteiger partial charge in [0.05, 0.1) is 6.54 Å². The zero-order chi connectivity index (χ0) is 16.1. The van der Waals surface area contributed by atoms with Crippen molar-refractivity contribution in [1.29, 1.82) is 0 Å². The molecule has 2 aromatic carbocycles. The van der Waals surface area contributed by atoms with Crippen LogP contribution in [0.3, 0.4) is 0 Å². The lowest BCUT2D eigenvalue weighted by Crippen LogP contribution is -2.21. The molecule has 0 aliphatic carbocycles. The first kappa shape index (κ1) is 15.4. The van der Waals surface area contributed by atoms with E-state index in [1.54, 1.807) is 24.3 Å². The number of carbonyl (C=O) groups is 1. The molecule has 23 heavy (non-hydrogen) atoms. The molecule has 3 rings (SSSR count). The zero-order valence-electron chi connectivity index (χ0n) is 12.4. The highest BCUT2D eigenvalue weighted by Gasteiger charge is 2.09. The van der Waals surface area contributed by atoms with E-state index in [1.807, 2.05) is 24.3 Å². The Morgan fingerprint density at radius 2 is 2.09 bits per heavy atom. The van der Waals surface area contributed by atoms with Gasteiger partial charge in [-0.25, -0.2) is 0 Å². The quantitative estimate of drug-likeness (QED) is 0.886. The summed E-state index contributed by atoms with van der Waals surface area (Å²) in [4.78, 5) is 16.3. The summed E-state index contributed by atoms with van der Waals surface area (Å²) in [6.07, 6.45) is 0. The van der Waals surface area contributed by atoms with Gasteiger partial charge in [0, 0.05) is 22.8 Å². The predicted octanol–water partition coefficient (Wildman–Crippen LogP) is 2.71. The summed E-state index contributed by atoms with van der Waals surface area (Å²) >= 11 is 5.80. The number of anilines is 1. The molecule has 0 unspecified atom stereocenters. The molecule has 0 aromatic heterocycles. The van der Waals surface area contributed by atoms with Gasteiger partial charge in [0.25, 0.3) is 5.91 Å². The number of hydrogen-bond acceptors (Lipinski definition) is 4. The van der Waals surface area contributed by atoms with E-state index in [0.29, 0.717) is 16.5 Å². The average Bonchev–Trinajstić information content (AvgIpc) is 3.09. The number of aliphatic imine (C=N–C) groups is 1. The minimum absolute atomic E-state index is 0.0644. The van der Waals surface area contributed by atoms with Crippen molar-refractivity contribution < 1.29 is 9.53 Å². The van der Waals surface area contributed by atoms with Crippen LogP contribution in [0, 0.1) is 0 Å². The highest BCUT2D eigenvalue weighted by molar-refractivity contribution is 6.30. The number of halogens is 1. The highest BCUT2D eigenvalue weighted by atomic mass is 35.5. The molecule has 1 aliphatic heterocycles. The summed E-state index contributed by atoms with van der Waals surface area (Å²) < 4.78 is 5.42. The third-order valence-electron chi connectivity index (χ3n) is 3.28. The van der Waals surface area contributed by atoms with Gasteiger partial charge in [0.1, 0.15) is 11.6 Å². The van der Waals surface area contributed by atoms with Crippen molar-refractivity contribution in [2.45, 2.75) is 0 Å². The molecule has 118 valence electrons. The Hall–Kier alpha value is -2.53. The van der Waals surface area contributed by atoms with Crippen LogP contribution < -0.4 is 15.4 Å². The Labute approximate surface area is 139 Å². The molecule has 0 bridgehead atoms. The summed E-state index contributed by atoms with van der Waals surface area (Å²) in [7, 11) is 0. The predicted molar refractivity (Wildman–Crippen MR) is 91.4 cm³/mol. The summed E-state index contributed by atoms with van der Waals surface area (Å²) in [5.41, 5.74) is 1.67. The Bertz CT molecular complexity index is 729. The third-order valence-corrected chi connectivity index (χ3v) is 3.53. The molecule has 1 heterocycles. The second-order valence-corrected chi connectivity index (χ2v) is 5.47. The molecule has 0 saturated heterocycles. The van der Waals surface area contributed by atoms with Crippen LogP contribution in [0.15, 0.2) is 53.5 Å². The van der Waals surface area contributed by atoms with Crippen LogP contribution in [0.25, 0.3) is 0 Å². The van der Waals surface area contributed by atoms with Gasteiger partial charge in [-0.05, 0) is 36.4 Å². The van der Waals surface area contributed by atoms with Gasteiger partial charge in [0.15, 0.2) is 6.61 Å². The first-order valence-electron chi connectivity index (χ1n) is 7.28. The maximum absolute atomic E-state index is 12.0. The number of amides is 1. The second kappa shape index (κ2) is 7.15. The summed E-state index contributed by atoms with van der Waals surface area (Å²) in [6, 6.07) is 14.4. The van der Waals surface area contributed by atoms with Gasteiger partial charge in [-0.15, -0.1) is 0 Å². The fraction of sp³-hybridized carbons (Fsp3) is 0.176. The molecule has 0 radical (unpaired) electrons. The van der Waals surface area contributed by atoms with Crippen molar-refractivity contribution in [3.8, 4) is 5.75 Å². The van der Waals surface area contributed by atoms with E-state index in [0.717, 1.165) is 24.5 Å². The summed E-state index contributed by atoms with van der Waals surface area (Å²) in [5.74, 6) is 1.24. The zero-order valence-corrected chi connectivity index (χ0v) is 13.1. The Morgan fingerprint density at radius 1 is 1.26 bits per heavy atom. The van der Waals surface area contributed by atoms with E-state index in [2.05, 4.69) is 15.6 Å². The van der Waals surface area contributed by atoms with Crippen molar-refractivity contribution in [3.63, 3.8) is 0 Å². The van der Waals surface area contributed by atoms with Gasteiger partial charge >= 0.3 is 0 Å². The molecule has 0 spiro atoms. The number of rotatable bonds is 5. The second-order valence-electron chi connectivity index (χ2n) is 5.03. The molecule has 0 saturated carbocycles. The van der Waals surface area contributed by atoms with Crippen LogP contribution in [-0.4, -0.2) is 31.4 Å². The third kappa shape index (κ3) is 4.23. The van der Waals surface area contributed by atoms with E-state index < -0.39 is 0 Å². The van der Waals surface area contributed by atoms with Gasteiger partial charge in [-0.2, -0.15) is 0 Å². The summed E-state index contributed by atoms with van der Waals surface area (Å²) in [5, 5.41) is 6.65. The fourth-order valence-electron chi connectivity index (χ4n) is 2.21. The van der Waals surface area contributed by atoms with Crippen LogP contribution in [0.4, 0.5) is 5.69 Å². The van der Waals surface area contributed by atoms with Gasteiger partial charge in [-0.3, -0.25) is 9.79 Å². The smallest absolute Gasteiger partial charge is 0.262 e. The standard InChI is InChI=1S/C17H16ClN3O2/c18-13-4-6-15(7-5-13)23-11-16(22)21-14-3-1-2-12(10-14)17-19-8-9-20-17/h1-7,10H,8-9,11H2,(H,19,20)(H,21,22). The molecule has 5 nitrogen and oxygen atoms in total. The highest BCUT2D eigenvalue weighted by Crippen LogP contribution is 2.16. The van der Waals surface area contributed by atoms with E-state index in [4.69, 9.17) is 16.3 Å². The van der Waals surface area contributed by atoms with Gasteiger partial charge in [-0.1, -0.05) is 23.7 Å². The molecule has 1 amide bonds. The maximum Gasteiger partial charge on any atom is 0.262 e. The van der Waals surface area contributed by atoms with E-state index in [9.17, 15) is 4.79 Å². The molecule has 6 heteroatoms. The van der Waals surface area contributed by atoms with E-state index in [1.165, 1.54) is 0 Å². The lowest BCUT2D eigenvalue weighted by Gasteiger charge is -2.09. The van der Waals surface area contributed by atoms with Crippen molar-refractivity contribution in [2.24, 2.45) is 4.99 Å². The molecular formula is C17H16ClN3O2. The molecular weight excluding hydrogens is 314 g/mol. The van der Waals surface area contributed by atoms with Crippen LogP contribution in [0.2, 0.25) is 5.02 Å². The van der Waals surface area contributed by atoms with E-state index in [-0.39, 0.29) is 12.5 Å². The molecule has 0 fully saturated rings. The monoisotopic (exact) mass is 329 g/mol. The van der Waals surface area contributed by atoms with Crippen LogP contribution >= 0.6 is 11.6 Å². The van der Waals surface area contributed by atoms with Crippen molar-refractivity contribution in [2.75, 3.05) is 25.0 Å². The average molecular weight is 330 g/mol. The van der Waals surface area contributed by atoms with Crippen molar-refractivity contribution in [3.05, 3.63) is 59.1 Å². The lowest BCUT2D eigenvalue weighted by molar-refractivity contribution is -0.118. The largest absolute Gasteiger partial charge is 0.484 e. The number of amidine groups is 1. The van der Waals surface area contributed by atoms with Crippen molar-refractivity contribution >= 4 is 29.0 Å². The number of ether oxygens (including phenoxy) is 1. The van der Waals surface area contributed by atoms with Crippen LogP contribution in [0.1, 0.15) is 5.56 Å². The van der Waals surface area contributed by atoms with Gasteiger partial charge in [0.2, 0.25) is 0 Å². The Balaban J connectivity index is 1.57. The van der Waals surface area contributed by atoms with Crippen LogP contribution in [-0.2, 0) is 4.79 Å². The van der Waals surface area contributed by atoms with E-state index >= 15 is 0 Å². The summed E-state index contributed by atoms with van der Waals surface area (Å²) in [6.45, 7) is 1.56. The van der Waals surface area contributed by atoms with Crippen molar-refractivity contribution in [1.82, 2.24) is 5.32 Å². The minimum atomic E-state index is -0.224.